The first kappa shape index (κ1) is 42.6. The Labute approximate surface area is 395 Å². The molecule has 1 aliphatic carbocycles. The largest absolute Gasteiger partial charge is 0.334 e. The van der Waals surface area contributed by atoms with E-state index in [4.69, 9.17) is 0 Å². The topological polar surface area (TPSA) is 9.72 Å². The highest BCUT2D eigenvalue weighted by molar-refractivity contribution is 7.00. The fraction of sp³-hybridized carbons (Fsp3) is 0.323. The molecule has 0 saturated heterocycles. The Balaban J connectivity index is 1.25. The predicted molar refractivity (Wildman–Crippen MR) is 284 cm³/mol. The molecule has 0 radical (unpaired) electrons. The van der Waals surface area contributed by atoms with Crippen LogP contribution in [0.4, 0.5) is 45.5 Å². The monoisotopic (exact) mass is 864 g/mol. The maximum absolute atomic E-state index is 2.82. The van der Waals surface area contributed by atoms with Gasteiger partial charge in [0.2, 0.25) is 0 Å². The molecule has 332 valence electrons. The first-order valence-electron chi connectivity index (χ1n) is 24.5. The summed E-state index contributed by atoms with van der Waals surface area (Å²) in [6.07, 6.45) is 3.48. The molecule has 7 aromatic rings. The van der Waals surface area contributed by atoms with Crippen LogP contribution in [0.3, 0.4) is 0 Å². The van der Waals surface area contributed by atoms with Gasteiger partial charge in [-0.25, -0.2) is 0 Å². The molecule has 0 aromatic heterocycles. The number of nitrogens with zero attached hydrogens (tertiary/aromatic N) is 3. The average Bonchev–Trinajstić information content (AvgIpc) is 3.50. The second-order valence-corrected chi connectivity index (χ2v) is 23.5. The summed E-state index contributed by atoms with van der Waals surface area (Å²) in [5.41, 5.74) is 20.7. The van der Waals surface area contributed by atoms with Gasteiger partial charge in [-0.2, -0.15) is 0 Å². The van der Waals surface area contributed by atoms with E-state index in [1.165, 1.54) is 96.1 Å². The summed E-state index contributed by atoms with van der Waals surface area (Å²) in [7, 11) is 0. The molecule has 0 bridgehead atoms. The highest BCUT2D eigenvalue weighted by Gasteiger charge is 2.61. The summed E-state index contributed by atoms with van der Waals surface area (Å²) < 4.78 is 0. The normalized spacial score (nSPS) is 20.9. The first-order valence-corrected chi connectivity index (χ1v) is 24.5. The summed E-state index contributed by atoms with van der Waals surface area (Å²) >= 11 is 0. The minimum Gasteiger partial charge on any atom is -0.334 e. The molecule has 3 atom stereocenters. The highest BCUT2D eigenvalue weighted by atomic mass is 15.3. The molecule has 0 spiro atoms. The summed E-state index contributed by atoms with van der Waals surface area (Å²) in [5, 5.41) is 0. The zero-order valence-electron chi connectivity index (χ0n) is 41.1. The quantitative estimate of drug-likeness (QED) is 0.163. The molecular weight excluding hydrogens is 798 g/mol. The number of hydrogen-bond acceptors (Lipinski definition) is 3. The van der Waals surface area contributed by atoms with Gasteiger partial charge in [0.05, 0.1) is 11.2 Å². The van der Waals surface area contributed by atoms with Gasteiger partial charge in [0.1, 0.15) is 0 Å². The molecule has 4 heteroatoms. The molecule has 7 aromatic carbocycles. The Morgan fingerprint density at radius 2 is 1.03 bits per heavy atom. The Morgan fingerprint density at radius 1 is 0.500 bits per heavy atom. The van der Waals surface area contributed by atoms with Crippen LogP contribution in [-0.4, -0.2) is 12.3 Å². The fourth-order valence-corrected chi connectivity index (χ4v) is 12.5. The third-order valence-corrected chi connectivity index (χ3v) is 16.6. The maximum Gasteiger partial charge on any atom is 0.252 e. The smallest absolute Gasteiger partial charge is 0.252 e. The van der Waals surface area contributed by atoms with Crippen LogP contribution in [0.25, 0.3) is 11.1 Å². The van der Waals surface area contributed by atoms with Crippen molar-refractivity contribution in [2.45, 2.75) is 117 Å². The lowest BCUT2D eigenvalue weighted by Crippen LogP contribution is -2.61. The number of rotatable bonds is 4. The molecular formula is C62H66BN3. The summed E-state index contributed by atoms with van der Waals surface area (Å²) in [6.45, 7) is 26.8. The fourth-order valence-electron chi connectivity index (χ4n) is 12.5. The van der Waals surface area contributed by atoms with Crippen LogP contribution in [0.15, 0.2) is 158 Å². The molecule has 11 rings (SSSR count). The van der Waals surface area contributed by atoms with E-state index in [0.717, 1.165) is 12.8 Å². The molecule has 1 saturated carbocycles. The second kappa shape index (κ2) is 14.8. The third-order valence-electron chi connectivity index (χ3n) is 16.6. The molecule has 0 N–H and O–H groups in total. The molecule has 3 nitrogen and oxygen atoms in total. The van der Waals surface area contributed by atoms with Crippen molar-refractivity contribution in [1.82, 2.24) is 0 Å². The Hall–Kier alpha value is -6.00. The van der Waals surface area contributed by atoms with Crippen LogP contribution in [0.2, 0.25) is 0 Å². The Bertz CT molecular complexity index is 3020. The lowest BCUT2D eigenvalue weighted by Gasteiger charge is -2.55. The van der Waals surface area contributed by atoms with Crippen LogP contribution in [-0.2, 0) is 16.2 Å². The first-order chi connectivity index (χ1) is 31.4. The van der Waals surface area contributed by atoms with Gasteiger partial charge in [0.15, 0.2) is 0 Å². The molecule has 3 aliphatic heterocycles. The predicted octanol–water partition coefficient (Wildman–Crippen LogP) is 15.0. The van der Waals surface area contributed by atoms with Crippen molar-refractivity contribution in [3.63, 3.8) is 0 Å². The van der Waals surface area contributed by atoms with Crippen LogP contribution in [0.5, 0.6) is 0 Å². The van der Waals surface area contributed by atoms with Gasteiger partial charge in [0.25, 0.3) is 6.71 Å². The zero-order valence-corrected chi connectivity index (χ0v) is 41.1. The van der Waals surface area contributed by atoms with Crippen LogP contribution < -0.4 is 31.1 Å². The van der Waals surface area contributed by atoms with Crippen molar-refractivity contribution in [1.29, 1.82) is 0 Å². The minimum absolute atomic E-state index is 0.0178. The average molecular weight is 864 g/mol. The number of anilines is 8. The lowest BCUT2D eigenvalue weighted by molar-refractivity contribution is 0.0786. The molecule has 0 amide bonds. The molecule has 1 fully saturated rings. The van der Waals surface area contributed by atoms with Crippen molar-refractivity contribution in [3.05, 3.63) is 174 Å². The van der Waals surface area contributed by atoms with E-state index in [1.54, 1.807) is 0 Å². The van der Waals surface area contributed by atoms with E-state index < -0.39 is 0 Å². The number of fused-ring (bicyclic) bond motifs is 7. The van der Waals surface area contributed by atoms with E-state index >= 15 is 0 Å². The summed E-state index contributed by atoms with van der Waals surface area (Å²) in [5.74, 6) is 0.622. The SMILES string of the molecule is CC(C)(C)c1ccc(N2c3ccccc3B3c4ccccc4N(c4ccccc4)c4cc(N5c6ccc(C(C)(C)C)cc6C6(C)CC(C(C)(C)C)CCC56C)cc2c43)c(-c2ccccc2)c1. The number of benzene rings is 7. The Kier molecular flexibility index (Phi) is 9.53. The van der Waals surface area contributed by atoms with Crippen molar-refractivity contribution in [3.8, 4) is 11.1 Å². The zero-order chi connectivity index (χ0) is 46.1. The van der Waals surface area contributed by atoms with Gasteiger partial charge in [0, 0.05) is 50.8 Å². The van der Waals surface area contributed by atoms with Gasteiger partial charge < -0.3 is 14.7 Å². The molecule has 3 heterocycles. The number of para-hydroxylation sites is 3. The Morgan fingerprint density at radius 3 is 1.64 bits per heavy atom. The van der Waals surface area contributed by atoms with Crippen LogP contribution in [0.1, 0.15) is 112 Å². The lowest BCUT2D eigenvalue weighted by atomic mass is 9.33. The third kappa shape index (κ3) is 6.37. The summed E-state index contributed by atoms with van der Waals surface area (Å²) in [6, 6.07) is 60.5. The van der Waals surface area contributed by atoms with E-state index in [2.05, 4.69) is 249 Å². The summed E-state index contributed by atoms with van der Waals surface area (Å²) in [4.78, 5) is 8.03. The van der Waals surface area contributed by atoms with Crippen molar-refractivity contribution in [2.75, 3.05) is 14.7 Å². The van der Waals surface area contributed by atoms with Crippen molar-refractivity contribution >= 4 is 68.6 Å². The maximum atomic E-state index is 2.82. The van der Waals surface area contributed by atoms with Crippen LogP contribution in [0, 0.1) is 11.3 Å². The standard InChI is InChI=1S/C62H66BN3/c1-58(2,3)42-30-32-51(47(36-42)41-22-14-12-15-23-41)65-54-29-21-19-27-50(54)63-49-26-18-20-28-53(49)64(45-24-16-13-17-25-45)55-38-46(39-56(65)57(55)63)66-52-33-31-43(59(4,5)6)37-48(52)61(10)40-44(60(7,8)9)34-35-62(61,66)11/h12-33,36-39,44H,34-35,40H2,1-11H3. The van der Waals surface area contributed by atoms with Gasteiger partial charge >= 0.3 is 0 Å². The van der Waals surface area contributed by atoms with Gasteiger partial charge in [-0.1, -0.05) is 172 Å². The highest BCUT2D eigenvalue weighted by Crippen LogP contribution is 2.64. The van der Waals surface area contributed by atoms with E-state index in [0.29, 0.717) is 5.92 Å². The minimum atomic E-state index is -0.168. The van der Waals surface area contributed by atoms with Gasteiger partial charge in [-0.3, -0.25) is 0 Å². The van der Waals surface area contributed by atoms with Crippen molar-refractivity contribution in [2.24, 2.45) is 11.3 Å². The van der Waals surface area contributed by atoms with Crippen molar-refractivity contribution < 1.29 is 0 Å². The van der Waals surface area contributed by atoms with Gasteiger partial charge in [-0.05, 0) is 142 Å². The number of hydrogen-bond donors (Lipinski definition) is 0. The molecule has 66 heavy (non-hydrogen) atoms. The van der Waals surface area contributed by atoms with Gasteiger partial charge in [-0.15, -0.1) is 0 Å². The molecule has 4 aliphatic rings. The van der Waals surface area contributed by atoms with Crippen LogP contribution >= 0.6 is 0 Å². The van der Waals surface area contributed by atoms with E-state index in [-0.39, 0.29) is 33.9 Å². The van der Waals surface area contributed by atoms with E-state index in [1.807, 2.05) is 0 Å². The molecule has 3 unspecified atom stereocenters. The van der Waals surface area contributed by atoms with E-state index in [9.17, 15) is 0 Å². The second-order valence-electron chi connectivity index (χ2n) is 23.5.